The lowest BCUT2D eigenvalue weighted by Crippen LogP contribution is -2.31. The van der Waals surface area contributed by atoms with Crippen LogP contribution in [0.4, 0.5) is 27.5 Å². The van der Waals surface area contributed by atoms with Crippen LogP contribution in [0.5, 0.6) is 0 Å². The molecular weight excluding hydrogens is 372 g/mol. The first-order valence-corrected chi connectivity index (χ1v) is 9.44. The summed E-state index contributed by atoms with van der Waals surface area (Å²) in [5.41, 5.74) is 10.4. The first kappa shape index (κ1) is 19.1. The number of rotatable bonds is 5. The predicted octanol–water partition coefficient (Wildman–Crippen LogP) is 6.79. The second-order valence-electron chi connectivity index (χ2n) is 6.55. The number of carbonyl (C=O) groups excluding carboxylic acids is 1. The van der Waals surface area contributed by atoms with Gasteiger partial charge in [0.15, 0.2) is 0 Å². The monoisotopic (exact) mass is 391 g/mol. The van der Waals surface area contributed by atoms with Crippen molar-refractivity contribution < 1.29 is 4.79 Å². The maximum Gasteiger partial charge on any atom is 0.323 e. The maximum absolute atomic E-state index is 12.1. The molecule has 30 heavy (non-hydrogen) atoms. The predicted molar refractivity (Wildman–Crippen MR) is 119 cm³/mol. The van der Waals surface area contributed by atoms with Crippen LogP contribution in [-0.2, 0) is 0 Å². The number of benzene rings is 4. The van der Waals surface area contributed by atoms with Crippen LogP contribution >= 0.6 is 0 Å². The van der Waals surface area contributed by atoms with Crippen LogP contribution in [0.3, 0.4) is 0 Å². The van der Waals surface area contributed by atoms with E-state index in [4.69, 9.17) is 5.73 Å². The fraction of sp³-hybridized carbons (Fsp3) is 0. The Morgan fingerprint density at radius 3 is 1.97 bits per heavy atom. The summed E-state index contributed by atoms with van der Waals surface area (Å²) in [7, 11) is 0. The van der Waals surface area contributed by atoms with Crippen molar-refractivity contribution in [2.75, 3.05) is 4.90 Å². The van der Waals surface area contributed by atoms with Crippen LogP contribution in [0.2, 0.25) is 0 Å². The van der Waals surface area contributed by atoms with Crippen LogP contribution in [-0.4, -0.2) is 6.03 Å². The smallest absolute Gasteiger partial charge is 0.323 e. The molecule has 0 bridgehead atoms. The van der Waals surface area contributed by atoms with Crippen molar-refractivity contribution >= 4 is 28.8 Å². The Kier molecular flexibility index (Phi) is 5.62. The molecule has 0 aromatic heterocycles. The molecule has 0 spiro atoms. The molecule has 0 saturated carbocycles. The van der Waals surface area contributed by atoms with Crippen molar-refractivity contribution in [3.05, 3.63) is 109 Å². The van der Waals surface area contributed by atoms with E-state index in [1.165, 1.54) is 4.90 Å². The van der Waals surface area contributed by atoms with Gasteiger partial charge in [-0.3, -0.25) is 4.90 Å². The highest BCUT2D eigenvalue weighted by Crippen LogP contribution is 2.30. The third kappa shape index (κ3) is 4.42. The molecule has 0 saturated heterocycles. The van der Waals surface area contributed by atoms with Gasteiger partial charge in [0.2, 0.25) is 0 Å². The van der Waals surface area contributed by atoms with Crippen molar-refractivity contribution in [1.82, 2.24) is 0 Å². The molecule has 0 aliphatic carbocycles. The Balaban J connectivity index is 1.59. The molecule has 2 amide bonds. The molecule has 5 nitrogen and oxygen atoms in total. The third-order valence-electron chi connectivity index (χ3n) is 4.49. The summed E-state index contributed by atoms with van der Waals surface area (Å²) in [6, 6.07) is 34.7. The molecule has 4 aromatic rings. The van der Waals surface area contributed by atoms with Gasteiger partial charge in [0.1, 0.15) is 0 Å². The molecule has 0 unspecified atom stereocenters. The van der Waals surface area contributed by atoms with E-state index in [1.54, 1.807) is 6.07 Å². The topological polar surface area (TPSA) is 71.1 Å². The summed E-state index contributed by atoms with van der Waals surface area (Å²) in [6.45, 7) is 0. The van der Waals surface area contributed by atoms with E-state index in [-0.39, 0.29) is 0 Å². The second kappa shape index (κ2) is 8.84. The zero-order chi connectivity index (χ0) is 20.8. The van der Waals surface area contributed by atoms with Gasteiger partial charge in [-0.05, 0) is 65.7 Å². The largest absolute Gasteiger partial charge is 0.351 e. The van der Waals surface area contributed by atoms with Crippen LogP contribution < -0.4 is 10.6 Å². The van der Waals surface area contributed by atoms with Gasteiger partial charge in [0, 0.05) is 0 Å². The number of hydrogen-bond acceptors (Lipinski definition) is 3. The summed E-state index contributed by atoms with van der Waals surface area (Å²) in [6.07, 6.45) is 0. The lowest BCUT2D eigenvalue weighted by molar-refractivity contribution is 0.256. The van der Waals surface area contributed by atoms with Crippen LogP contribution in [0, 0.1) is 6.07 Å². The first-order valence-electron chi connectivity index (χ1n) is 9.44. The SMILES string of the molecule is NC(=O)N(c1ccccc1)c1cc[c]c(-c2ccc(N=Nc3ccccc3)cc2)c1. The molecule has 0 aliphatic heterocycles. The number of nitrogens with zero attached hydrogens (tertiary/aromatic N) is 3. The van der Waals surface area contributed by atoms with Gasteiger partial charge in [-0.1, -0.05) is 54.6 Å². The molecule has 4 aromatic carbocycles. The quantitative estimate of drug-likeness (QED) is 0.374. The third-order valence-corrected chi connectivity index (χ3v) is 4.49. The highest BCUT2D eigenvalue weighted by atomic mass is 16.2. The van der Waals surface area contributed by atoms with Gasteiger partial charge in [-0.15, -0.1) is 0 Å². The van der Waals surface area contributed by atoms with Gasteiger partial charge in [-0.2, -0.15) is 10.2 Å². The Bertz CT molecular complexity index is 1160. The molecule has 0 atom stereocenters. The standard InChI is InChI=1S/C25H19N4O/c26-25(30)29(23-11-5-2-6-12-23)24-13-7-8-20(18-24)19-14-16-22(17-15-19)28-27-21-9-3-1-4-10-21/h1-7,9-18H,(H2,26,30). The van der Waals surface area contributed by atoms with Crippen LogP contribution in [0.15, 0.2) is 113 Å². The van der Waals surface area contributed by atoms with E-state index in [1.807, 2.05) is 97.1 Å². The van der Waals surface area contributed by atoms with E-state index < -0.39 is 6.03 Å². The van der Waals surface area contributed by atoms with E-state index in [9.17, 15) is 4.79 Å². The minimum atomic E-state index is -0.546. The fourth-order valence-electron chi connectivity index (χ4n) is 3.06. The summed E-state index contributed by atoms with van der Waals surface area (Å²) in [5, 5.41) is 8.49. The number of primary amides is 1. The van der Waals surface area contributed by atoms with Gasteiger partial charge in [0.25, 0.3) is 0 Å². The van der Waals surface area contributed by atoms with Crippen molar-refractivity contribution in [3.63, 3.8) is 0 Å². The number of anilines is 2. The summed E-state index contributed by atoms with van der Waals surface area (Å²) in [5.74, 6) is 0. The summed E-state index contributed by atoms with van der Waals surface area (Å²) < 4.78 is 0. The number of hydrogen-bond donors (Lipinski definition) is 1. The molecule has 5 heteroatoms. The Morgan fingerprint density at radius 2 is 1.33 bits per heavy atom. The zero-order valence-corrected chi connectivity index (χ0v) is 16.1. The van der Waals surface area contributed by atoms with Crippen molar-refractivity contribution in [2.45, 2.75) is 0 Å². The molecule has 4 rings (SSSR count). The van der Waals surface area contributed by atoms with Gasteiger partial charge < -0.3 is 5.73 Å². The Hall–Kier alpha value is -4.25. The molecule has 0 heterocycles. The second-order valence-corrected chi connectivity index (χ2v) is 6.55. The maximum atomic E-state index is 12.1. The lowest BCUT2D eigenvalue weighted by atomic mass is 10.0. The van der Waals surface area contributed by atoms with E-state index >= 15 is 0 Å². The normalized spacial score (nSPS) is 10.8. The van der Waals surface area contributed by atoms with E-state index in [2.05, 4.69) is 16.3 Å². The van der Waals surface area contributed by atoms with Gasteiger partial charge >= 0.3 is 6.03 Å². The minimum Gasteiger partial charge on any atom is -0.351 e. The number of para-hydroxylation sites is 1. The van der Waals surface area contributed by atoms with Crippen molar-refractivity contribution in [2.24, 2.45) is 16.0 Å². The average molecular weight is 391 g/mol. The fourth-order valence-corrected chi connectivity index (χ4v) is 3.06. The Labute approximate surface area is 175 Å². The highest BCUT2D eigenvalue weighted by Gasteiger charge is 2.15. The van der Waals surface area contributed by atoms with Crippen molar-refractivity contribution in [3.8, 4) is 11.1 Å². The number of carbonyl (C=O) groups is 1. The first-order chi connectivity index (χ1) is 14.7. The molecule has 145 valence electrons. The molecule has 2 N–H and O–H groups in total. The number of nitrogens with two attached hydrogens (primary N) is 1. The van der Waals surface area contributed by atoms with Gasteiger partial charge in [0.05, 0.1) is 22.7 Å². The summed E-state index contributed by atoms with van der Waals surface area (Å²) in [4.78, 5) is 13.6. The lowest BCUT2D eigenvalue weighted by Gasteiger charge is -2.21. The van der Waals surface area contributed by atoms with Gasteiger partial charge in [-0.25, -0.2) is 4.79 Å². The van der Waals surface area contributed by atoms with Crippen LogP contribution in [0.25, 0.3) is 11.1 Å². The molecule has 0 fully saturated rings. The minimum absolute atomic E-state index is 0.546. The molecular formula is C25H19N4O. The highest BCUT2D eigenvalue weighted by molar-refractivity contribution is 5.98. The average Bonchev–Trinajstić information content (AvgIpc) is 2.80. The van der Waals surface area contributed by atoms with Crippen LogP contribution in [0.1, 0.15) is 0 Å². The number of azo groups is 1. The van der Waals surface area contributed by atoms with Crippen molar-refractivity contribution in [1.29, 1.82) is 0 Å². The molecule has 1 radical (unpaired) electrons. The number of urea groups is 1. The number of amides is 2. The van der Waals surface area contributed by atoms with E-state index in [0.29, 0.717) is 11.4 Å². The van der Waals surface area contributed by atoms with E-state index in [0.717, 1.165) is 22.5 Å². The Morgan fingerprint density at radius 1 is 0.733 bits per heavy atom. The summed E-state index contributed by atoms with van der Waals surface area (Å²) >= 11 is 0. The molecule has 0 aliphatic rings. The zero-order valence-electron chi connectivity index (χ0n) is 16.1.